The Morgan fingerprint density at radius 2 is 2.00 bits per heavy atom. The van der Waals surface area contributed by atoms with E-state index >= 15 is 0 Å². The Morgan fingerprint density at radius 3 is 2.76 bits per heavy atom. The van der Waals surface area contributed by atoms with Gasteiger partial charge in [0.2, 0.25) is 0 Å². The summed E-state index contributed by atoms with van der Waals surface area (Å²) in [5, 5.41) is 0. The number of fused-ring (bicyclic) bond motifs is 2. The Hall–Kier alpha value is -3.71. The lowest BCUT2D eigenvalue weighted by atomic mass is 9.95. The van der Waals surface area contributed by atoms with E-state index in [0.717, 1.165) is 90.3 Å². The van der Waals surface area contributed by atoms with E-state index in [1.165, 1.54) is 11.1 Å². The first-order chi connectivity index (χ1) is 18.0. The van der Waals surface area contributed by atoms with Crippen LogP contribution in [0.4, 0.5) is 0 Å². The molecule has 2 aliphatic rings. The Balaban J connectivity index is 1.31. The molecule has 1 saturated heterocycles. The molecule has 0 unspecified atom stereocenters. The van der Waals surface area contributed by atoms with Crippen LogP contribution in [0.25, 0.3) is 33.5 Å². The Morgan fingerprint density at radius 1 is 1.16 bits per heavy atom. The molecule has 0 aliphatic carbocycles. The lowest BCUT2D eigenvalue weighted by Gasteiger charge is -2.27. The van der Waals surface area contributed by atoms with Gasteiger partial charge in [0.05, 0.1) is 19.0 Å². The van der Waals surface area contributed by atoms with Gasteiger partial charge in [-0.15, -0.1) is 0 Å². The number of aromatic amines is 1. The van der Waals surface area contributed by atoms with Crippen molar-refractivity contribution in [2.24, 2.45) is 5.92 Å². The molecule has 190 valence electrons. The molecule has 4 aromatic rings. The first-order valence-corrected chi connectivity index (χ1v) is 13.2. The third-order valence-corrected chi connectivity index (χ3v) is 7.97. The minimum atomic E-state index is 0.121. The standard InChI is InChI=1S/C30H33N5O2/c1-4-19-9-12-35(17-19)30(36)21-7-5-20(6-8-21)25-15-31-29-28(25)33-26(16-32-29)22-13-23-18-34(2)11-10-24(23)27(14-22)37-3/h5-8,13-16,19H,4,9-12,17-18H2,1-3H3,(H,31,32)/t19-/m0/s1. The molecule has 1 fully saturated rings. The number of amides is 1. The quantitative estimate of drug-likeness (QED) is 0.414. The highest BCUT2D eigenvalue weighted by Crippen LogP contribution is 2.34. The van der Waals surface area contributed by atoms with Gasteiger partial charge in [-0.05, 0) is 66.8 Å². The Bertz CT molecular complexity index is 1460. The summed E-state index contributed by atoms with van der Waals surface area (Å²) in [6.07, 6.45) is 6.97. The van der Waals surface area contributed by atoms with Crippen molar-refractivity contribution in [3.8, 4) is 28.1 Å². The normalized spacial score (nSPS) is 17.8. The molecule has 1 N–H and O–H groups in total. The number of carbonyl (C=O) groups is 1. The molecule has 7 nitrogen and oxygen atoms in total. The lowest BCUT2D eigenvalue weighted by molar-refractivity contribution is 0.0787. The number of ether oxygens (including phenoxy) is 1. The number of rotatable bonds is 5. The number of methoxy groups -OCH3 is 1. The summed E-state index contributed by atoms with van der Waals surface area (Å²) < 4.78 is 5.75. The number of benzene rings is 2. The molecular formula is C30H33N5O2. The maximum Gasteiger partial charge on any atom is 0.253 e. The Labute approximate surface area is 217 Å². The average Bonchev–Trinajstić information content (AvgIpc) is 3.59. The van der Waals surface area contributed by atoms with Crippen LogP contribution in [0.15, 0.2) is 48.8 Å². The number of aromatic nitrogens is 3. The van der Waals surface area contributed by atoms with Crippen molar-refractivity contribution >= 4 is 17.1 Å². The van der Waals surface area contributed by atoms with Gasteiger partial charge in [0.15, 0.2) is 5.65 Å². The molecule has 1 amide bonds. The van der Waals surface area contributed by atoms with Gasteiger partial charge in [-0.1, -0.05) is 25.5 Å². The third kappa shape index (κ3) is 4.37. The highest BCUT2D eigenvalue weighted by molar-refractivity contribution is 5.96. The number of likely N-dealkylation sites (N-methyl/N-ethyl adjacent to an activating group) is 1. The largest absolute Gasteiger partial charge is 0.496 e. The molecule has 4 heterocycles. The molecule has 0 bridgehead atoms. The van der Waals surface area contributed by atoms with E-state index in [-0.39, 0.29) is 5.91 Å². The van der Waals surface area contributed by atoms with Crippen molar-refractivity contribution in [1.29, 1.82) is 0 Å². The first kappa shape index (κ1) is 23.7. The highest BCUT2D eigenvalue weighted by Gasteiger charge is 2.26. The zero-order valence-electron chi connectivity index (χ0n) is 21.8. The van der Waals surface area contributed by atoms with E-state index in [1.54, 1.807) is 7.11 Å². The summed E-state index contributed by atoms with van der Waals surface area (Å²) in [6, 6.07) is 12.2. The maximum absolute atomic E-state index is 13.0. The highest BCUT2D eigenvalue weighted by atomic mass is 16.5. The van der Waals surface area contributed by atoms with Crippen LogP contribution in [0.5, 0.6) is 5.75 Å². The number of likely N-dealkylation sites (tertiary alicyclic amines) is 1. The van der Waals surface area contributed by atoms with Crippen molar-refractivity contribution in [1.82, 2.24) is 24.8 Å². The SMILES string of the molecule is CC[C@H]1CCN(C(=O)c2ccc(-c3c[nH]c4ncc(-c5cc6c(c(OC)c5)CCN(C)C6)nc34)cc2)C1. The van der Waals surface area contributed by atoms with Crippen LogP contribution in [0, 0.1) is 5.92 Å². The van der Waals surface area contributed by atoms with Crippen LogP contribution < -0.4 is 4.74 Å². The van der Waals surface area contributed by atoms with E-state index in [9.17, 15) is 4.79 Å². The smallest absolute Gasteiger partial charge is 0.253 e. The van der Waals surface area contributed by atoms with E-state index in [4.69, 9.17) is 9.72 Å². The monoisotopic (exact) mass is 495 g/mol. The van der Waals surface area contributed by atoms with Crippen LogP contribution in [0.1, 0.15) is 41.3 Å². The second-order valence-electron chi connectivity index (χ2n) is 10.4. The van der Waals surface area contributed by atoms with E-state index in [0.29, 0.717) is 5.92 Å². The van der Waals surface area contributed by atoms with Gasteiger partial charge in [-0.3, -0.25) is 4.79 Å². The van der Waals surface area contributed by atoms with Crippen LogP contribution >= 0.6 is 0 Å². The van der Waals surface area contributed by atoms with Crippen molar-refractivity contribution in [3.05, 3.63) is 65.5 Å². The summed E-state index contributed by atoms with van der Waals surface area (Å²) in [5.74, 6) is 1.66. The molecule has 2 aromatic carbocycles. The minimum Gasteiger partial charge on any atom is -0.496 e. The molecule has 6 rings (SSSR count). The lowest BCUT2D eigenvalue weighted by Crippen LogP contribution is -2.28. The number of hydrogen-bond acceptors (Lipinski definition) is 5. The molecular weight excluding hydrogens is 462 g/mol. The summed E-state index contributed by atoms with van der Waals surface area (Å²) in [4.78, 5) is 30.2. The summed E-state index contributed by atoms with van der Waals surface area (Å²) >= 11 is 0. The minimum absolute atomic E-state index is 0.121. The average molecular weight is 496 g/mol. The zero-order valence-corrected chi connectivity index (χ0v) is 21.8. The summed E-state index contributed by atoms with van der Waals surface area (Å²) in [5.41, 5.74) is 8.66. The van der Waals surface area contributed by atoms with Crippen molar-refractivity contribution in [3.63, 3.8) is 0 Å². The second-order valence-corrected chi connectivity index (χ2v) is 10.4. The molecule has 2 aromatic heterocycles. The van der Waals surface area contributed by atoms with Crippen molar-refractivity contribution in [2.45, 2.75) is 32.7 Å². The van der Waals surface area contributed by atoms with Gasteiger partial charge in [0.1, 0.15) is 11.3 Å². The number of H-pyrrole nitrogens is 1. The fraction of sp³-hybridized carbons (Fsp3) is 0.367. The number of nitrogens with zero attached hydrogens (tertiary/aromatic N) is 4. The number of nitrogens with one attached hydrogen (secondary N) is 1. The van der Waals surface area contributed by atoms with Crippen LogP contribution in [-0.4, -0.2) is 64.5 Å². The van der Waals surface area contributed by atoms with Crippen LogP contribution in [0.2, 0.25) is 0 Å². The van der Waals surface area contributed by atoms with Crippen LogP contribution in [-0.2, 0) is 13.0 Å². The van der Waals surface area contributed by atoms with Gasteiger partial charge in [-0.25, -0.2) is 9.97 Å². The van der Waals surface area contributed by atoms with Gasteiger partial charge in [-0.2, -0.15) is 0 Å². The molecule has 7 heteroatoms. The summed E-state index contributed by atoms with van der Waals surface area (Å²) in [6.45, 7) is 5.84. The number of hydrogen-bond donors (Lipinski definition) is 1. The van der Waals surface area contributed by atoms with Gasteiger partial charge < -0.3 is 19.5 Å². The van der Waals surface area contributed by atoms with Gasteiger partial charge in [0.25, 0.3) is 5.91 Å². The van der Waals surface area contributed by atoms with Gasteiger partial charge >= 0.3 is 0 Å². The van der Waals surface area contributed by atoms with E-state index in [1.807, 2.05) is 41.6 Å². The zero-order chi connectivity index (χ0) is 25.5. The van der Waals surface area contributed by atoms with Crippen molar-refractivity contribution < 1.29 is 9.53 Å². The predicted octanol–water partition coefficient (Wildman–Crippen LogP) is 5.16. The van der Waals surface area contributed by atoms with E-state index in [2.05, 4.69) is 41.0 Å². The Kier molecular flexibility index (Phi) is 6.16. The fourth-order valence-electron chi connectivity index (χ4n) is 5.71. The second kappa shape index (κ2) is 9.63. The fourth-order valence-corrected chi connectivity index (χ4v) is 5.71. The molecule has 37 heavy (non-hydrogen) atoms. The topological polar surface area (TPSA) is 74.3 Å². The first-order valence-electron chi connectivity index (χ1n) is 13.2. The molecule has 0 radical (unpaired) electrons. The summed E-state index contributed by atoms with van der Waals surface area (Å²) in [7, 11) is 3.88. The van der Waals surface area contributed by atoms with Crippen molar-refractivity contribution in [2.75, 3.05) is 33.8 Å². The number of carbonyl (C=O) groups excluding carboxylic acids is 1. The predicted molar refractivity (Wildman–Crippen MR) is 146 cm³/mol. The molecule has 2 aliphatic heterocycles. The maximum atomic E-state index is 13.0. The molecule has 0 spiro atoms. The third-order valence-electron chi connectivity index (χ3n) is 7.97. The van der Waals surface area contributed by atoms with Gasteiger partial charge in [0, 0.05) is 49.1 Å². The molecule has 0 saturated carbocycles. The van der Waals surface area contributed by atoms with E-state index < -0.39 is 0 Å². The van der Waals surface area contributed by atoms with Crippen LogP contribution in [0.3, 0.4) is 0 Å². The molecule has 1 atom stereocenters.